The van der Waals surface area contributed by atoms with Gasteiger partial charge in [-0.3, -0.25) is 4.79 Å². The van der Waals surface area contributed by atoms with Crippen molar-refractivity contribution in [2.75, 3.05) is 19.5 Å². The molecule has 2 rings (SSSR count). The summed E-state index contributed by atoms with van der Waals surface area (Å²) in [5, 5.41) is 2.61. The van der Waals surface area contributed by atoms with Crippen LogP contribution in [0.2, 0.25) is 0 Å². The molecule has 0 aromatic heterocycles. The van der Waals surface area contributed by atoms with Gasteiger partial charge in [0.2, 0.25) is 0 Å². The fourth-order valence-corrected chi connectivity index (χ4v) is 2.39. The first-order valence-corrected chi connectivity index (χ1v) is 8.42. The molecule has 8 heteroatoms. The van der Waals surface area contributed by atoms with Crippen LogP contribution in [-0.4, -0.2) is 38.2 Å². The zero-order valence-electron chi connectivity index (χ0n) is 15.7. The maximum absolute atomic E-state index is 13.0. The lowest BCUT2D eigenvalue weighted by atomic mass is 10.1. The van der Waals surface area contributed by atoms with E-state index in [4.69, 9.17) is 4.74 Å². The minimum Gasteiger partial charge on any atom is -0.481 e. The minimum atomic E-state index is -0.867. The third-order valence-electron chi connectivity index (χ3n) is 3.80. The second kappa shape index (κ2) is 9.50. The van der Waals surface area contributed by atoms with Crippen molar-refractivity contribution < 1.29 is 33.0 Å². The van der Waals surface area contributed by atoms with E-state index < -0.39 is 29.8 Å². The number of anilines is 1. The van der Waals surface area contributed by atoms with Crippen LogP contribution in [0, 0.1) is 5.82 Å². The van der Waals surface area contributed by atoms with E-state index in [-0.39, 0.29) is 16.8 Å². The molecular weight excluding hydrogens is 369 g/mol. The van der Waals surface area contributed by atoms with Crippen LogP contribution in [-0.2, 0) is 14.3 Å². The summed E-state index contributed by atoms with van der Waals surface area (Å²) in [6.45, 7) is 1.75. The normalized spacial score (nSPS) is 11.3. The summed E-state index contributed by atoms with van der Waals surface area (Å²) in [5.74, 6) is -1.92. The van der Waals surface area contributed by atoms with Gasteiger partial charge in [-0.15, -0.1) is 0 Å². The summed E-state index contributed by atoms with van der Waals surface area (Å²) < 4.78 is 27.9. The molecule has 2 aromatic carbocycles. The molecule has 0 aliphatic rings. The number of hydrogen-bond acceptors (Lipinski definition) is 6. The van der Waals surface area contributed by atoms with Crippen molar-refractivity contribution in [2.24, 2.45) is 0 Å². The average Bonchev–Trinajstić information content (AvgIpc) is 2.71. The van der Waals surface area contributed by atoms with Gasteiger partial charge in [0.25, 0.3) is 5.91 Å². The number of nitrogens with one attached hydrogen (secondary N) is 1. The van der Waals surface area contributed by atoms with E-state index in [1.165, 1.54) is 56.7 Å². The highest BCUT2D eigenvalue weighted by Gasteiger charge is 2.21. The SMILES string of the molecule is CC[C@@H](Oc1ccc(F)cc1)C(=O)Nc1cc(C(=O)OC)cc(C(=O)OC)c1. The van der Waals surface area contributed by atoms with Crippen LogP contribution in [0.15, 0.2) is 42.5 Å². The minimum absolute atomic E-state index is 0.0770. The highest BCUT2D eigenvalue weighted by molar-refractivity contribution is 6.00. The van der Waals surface area contributed by atoms with Gasteiger partial charge >= 0.3 is 11.9 Å². The first-order chi connectivity index (χ1) is 13.4. The molecule has 1 atom stereocenters. The number of halogens is 1. The van der Waals surface area contributed by atoms with Gasteiger partial charge in [0.05, 0.1) is 25.3 Å². The lowest BCUT2D eigenvalue weighted by Gasteiger charge is -2.18. The van der Waals surface area contributed by atoms with Gasteiger partial charge in [-0.2, -0.15) is 0 Å². The number of benzene rings is 2. The van der Waals surface area contributed by atoms with Crippen LogP contribution in [0.25, 0.3) is 0 Å². The second-order valence-electron chi connectivity index (χ2n) is 5.74. The Morgan fingerprint density at radius 3 is 1.96 bits per heavy atom. The number of carbonyl (C=O) groups excluding carboxylic acids is 3. The van der Waals surface area contributed by atoms with E-state index in [0.717, 1.165) is 0 Å². The van der Waals surface area contributed by atoms with Crippen LogP contribution in [0.5, 0.6) is 5.75 Å². The van der Waals surface area contributed by atoms with Crippen molar-refractivity contribution >= 4 is 23.5 Å². The number of carbonyl (C=O) groups is 3. The van der Waals surface area contributed by atoms with Crippen LogP contribution in [0.3, 0.4) is 0 Å². The van der Waals surface area contributed by atoms with E-state index >= 15 is 0 Å². The second-order valence-corrected chi connectivity index (χ2v) is 5.74. The Bertz CT molecular complexity index is 831. The Morgan fingerprint density at radius 1 is 0.964 bits per heavy atom. The van der Waals surface area contributed by atoms with Crippen LogP contribution < -0.4 is 10.1 Å². The highest BCUT2D eigenvalue weighted by Crippen LogP contribution is 2.19. The highest BCUT2D eigenvalue weighted by atomic mass is 19.1. The van der Waals surface area contributed by atoms with E-state index in [9.17, 15) is 18.8 Å². The van der Waals surface area contributed by atoms with Gasteiger partial charge < -0.3 is 19.5 Å². The standard InChI is InChI=1S/C20H20FNO6/c1-4-17(28-16-7-5-14(21)6-8-16)18(23)22-15-10-12(19(24)26-2)9-13(11-15)20(25)27-3/h5-11,17H,4H2,1-3H3,(H,22,23)/t17-/m1/s1. The number of methoxy groups -OCH3 is 2. The molecule has 28 heavy (non-hydrogen) atoms. The molecule has 2 aromatic rings. The third kappa shape index (κ3) is 5.29. The van der Waals surface area contributed by atoms with Crippen molar-refractivity contribution in [3.8, 4) is 5.75 Å². The largest absolute Gasteiger partial charge is 0.481 e. The predicted octanol–water partition coefficient (Wildman–Crippen LogP) is 3.20. The van der Waals surface area contributed by atoms with Crippen molar-refractivity contribution in [1.82, 2.24) is 0 Å². The average molecular weight is 389 g/mol. The smallest absolute Gasteiger partial charge is 0.337 e. The molecule has 0 fully saturated rings. The zero-order valence-corrected chi connectivity index (χ0v) is 15.7. The summed E-state index contributed by atoms with van der Waals surface area (Å²) in [5.41, 5.74) is 0.357. The Hall–Kier alpha value is -3.42. The van der Waals surface area contributed by atoms with Gasteiger partial charge in [0.15, 0.2) is 6.10 Å². The topological polar surface area (TPSA) is 90.9 Å². The van der Waals surface area contributed by atoms with E-state index in [2.05, 4.69) is 14.8 Å². The Balaban J connectivity index is 2.23. The lowest BCUT2D eigenvalue weighted by molar-refractivity contribution is -0.122. The molecule has 0 spiro atoms. The number of ether oxygens (including phenoxy) is 3. The van der Waals surface area contributed by atoms with Crippen LogP contribution in [0.4, 0.5) is 10.1 Å². The number of rotatable bonds is 7. The number of hydrogen-bond donors (Lipinski definition) is 1. The molecule has 0 aliphatic carbocycles. The lowest BCUT2D eigenvalue weighted by Crippen LogP contribution is -2.32. The van der Waals surface area contributed by atoms with Gasteiger partial charge in [0.1, 0.15) is 11.6 Å². The molecule has 0 heterocycles. The summed E-state index contributed by atoms with van der Waals surface area (Å²) in [6.07, 6.45) is -0.530. The molecule has 0 saturated heterocycles. The fraction of sp³-hybridized carbons (Fsp3) is 0.250. The molecule has 1 amide bonds. The van der Waals surface area contributed by atoms with Crippen LogP contribution >= 0.6 is 0 Å². The monoisotopic (exact) mass is 389 g/mol. The Morgan fingerprint density at radius 2 is 1.50 bits per heavy atom. The number of amides is 1. The van der Waals surface area contributed by atoms with Crippen molar-refractivity contribution in [1.29, 1.82) is 0 Å². The van der Waals surface area contributed by atoms with E-state index in [1.807, 2.05) is 0 Å². The molecule has 148 valence electrons. The zero-order chi connectivity index (χ0) is 20.7. The first-order valence-electron chi connectivity index (χ1n) is 8.42. The van der Waals surface area contributed by atoms with Crippen molar-refractivity contribution in [3.05, 3.63) is 59.4 Å². The number of esters is 2. The molecule has 0 saturated carbocycles. The quantitative estimate of drug-likeness (QED) is 0.732. The summed E-state index contributed by atoms with van der Waals surface area (Å²) in [7, 11) is 2.41. The van der Waals surface area contributed by atoms with Crippen molar-refractivity contribution in [3.63, 3.8) is 0 Å². The fourth-order valence-electron chi connectivity index (χ4n) is 2.39. The van der Waals surface area contributed by atoms with Gasteiger partial charge in [-0.1, -0.05) is 6.92 Å². The maximum Gasteiger partial charge on any atom is 0.337 e. The maximum atomic E-state index is 13.0. The molecule has 0 unspecified atom stereocenters. The third-order valence-corrected chi connectivity index (χ3v) is 3.80. The molecule has 7 nitrogen and oxygen atoms in total. The predicted molar refractivity (Wildman–Crippen MR) is 98.9 cm³/mol. The summed E-state index contributed by atoms with van der Waals surface area (Å²) >= 11 is 0. The molecule has 0 radical (unpaired) electrons. The molecule has 1 N–H and O–H groups in total. The molecule has 0 aliphatic heterocycles. The molecular formula is C20H20FNO6. The van der Waals surface area contributed by atoms with E-state index in [1.54, 1.807) is 6.92 Å². The van der Waals surface area contributed by atoms with Gasteiger partial charge in [-0.05, 0) is 48.9 Å². The first kappa shape index (κ1) is 20.9. The van der Waals surface area contributed by atoms with E-state index in [0.29, 0.717) is 12.2 Å². The van der Waals surface area contributed by atoms with Gasteiger partial charge in [0, 0.05) is 5.69 Å². The summed E-state index contributed by atoms with van der Waals surface area (Å²) in [4.78, 5) is 36.2. The Kier molecular flexibility index (Phi) is 7.08. The summed E-state index contributed by atoms with van der Waals surface area (Å²) in [6, 6.07) is 9.34. The Labute approximate surface area is 161 Å². The van der Waals surface area contributed by atoms with Crippen molar-refractivity contribution in [2.45, 2.75) is 19.4 Å². The van der Waals surface area contributed by atoms with Gasteiger partial charge in [-0.25, -0.2) is 14.0 Å². The van der Waals surface area contributed by atoms with Crippen LogP contribution in [0.1, 0.15) is 34.1 Å². The molecule has 0 bridgehead atoms.